The van der Waals surface area contributed by atoms with Gasteiger partial charge in [0.1, 0.15) is 0 Å². The topological polar surface area (TPSA) is 83.5 Å². The van der Waals surface area contributed by atoms with Crippen molar-refractivity contribution in [2.45, 2.75) is 57.6 Å². The summed E-state index contributed by atoms with van der Waals surface area (Å²) in [7, 11) is 0. The van der Waals surface area contributed by atoms with Gasteiger partial charge in [-0.1, -0.05) is 12.8 Å². The smallest absolute Gasteiger partial charge is 0.259 e. The lowest BCUT2D eigenvalue weighted by atomic mass is 10.0. The predicted octanol–water partition coefficient (Wildman–Crippen LogP) is 3.66. The molecule has 0 radical (unpaired) electrons. The minimum Gasteiger partial charge on any atom is -0.377 e. The van der Waals surface area contributed by atoms with Gasteiger partial charge in [0.2, 0.25) is 0 Å². The van der Waals surface area contributed by atoms with Crippen LogP contribution in [0.15, 0.2) is 23.1 Å². The molecule has 6 rings (SSSR count). The van der Waals surface area contributed by atoms with E-state index in [1.54, 1.807) is 6.20 Å². The molecule has 3 aromatic rings. The number of hydrogen-bond acceptors (Lipinski definition) is 5. The number of pyridine rings is 1. The normalized spacial score (nSPS) is 21.7. The van der Waals surface area contributed by atoms with E-state index >= 15 is 0 Å². The quantitative estimate of drug-likeness (QED) is 0.592. The largest absolute Gasteiger partial charge is 0.377 e. The highest BCUT2D eigenvalue weighted by Crippen LogP contribution is 2.34. The van der Waals surface area contributed by atoms with Crippen molar-refractivity contribution < 1.29 is 9.53 Å². The minimum atomic E-state index is -0.118. The van der Waals surface area contributed by atoms with Crippen LogP contribution in [0.3, 0.4) is 0 Å². The number of rotatable bonds is 4. The molecule has 1 N–H and O–H groups in total. The first kappa shape index (κ1) is 24.3. The van der Waals surface area contributed by atoms with E-state index in [0.717, 1.165) is 87.0 Å². The number of carbonyl (C=O) groups is 1. The zero-order chi connectivity index (χ0) is 23.2. The van der Waals surface area contributed by atoms with Gasteiger partial charge in [0.25, 0.3) is 11.5 Å². The number of aromatic nitrogens is 3. The van der Waals surface area contributed by atoms with Crippen LogP contribution in [0.2, 0.25) is 0 Å². The number of ether oxygens (including phenoxy) is 1. The highest BCUT2D eigenvalue weighted by Gasteiger charge is 2.27. The molecule has 3 fully saturated rings. The maximum atomic E-state index is 13.6. The standard InChI is InChI=1S/C26H33N5O3.ClH/c1-17-13-23-21(24-22(25(32)28-23)15-27-31(24)18-5-2-3-6-18)14-20(17)26(33)30-10-8-29(9-11-30)16-19-7-4-12-34-19;/h13-15,18-19H,2-12,16H2,1H3,(H,28,32);1H. The Kier molecular flexibility index (Phi) is 6.88. The van der Waals surface area contributed by atoms with Crippen LogP contribution in [-0.2, 0) is 4.74 Å². The molecule has 188 valence electrons. The maximum Gasteiger partial charge on any atom is 0.259 e. The molecule has 4 heterocycles. The van der Waals surface area contributed by atoms with Gasteiger partial charge in [0.05, 0.1) is 34.8 Å². The van der Waals surface area contributed by atoms with Crippen molar-refractivity contribution >= 4 is 40.1 Å². The van der Waals surface area contributed by atoms with Crippen molar-refractivity contribution in [3.63, 3.8) is 0 Å². The van der Waals surface area contributed by atoms with Crippen molar-refractivity contribution in [3.05, 3.63) is 39.8 Å². The maximum absolute atomic E-state index is 13.6. The van der Waals surface area contributed by atoms with Crippen LogP contribution in [0.5, 0.6) is 0 Å². The third-order valence-electron chi connectivity index (χ3n) is 7.95. The summed E-state index contributed by atoms with van der Waals surface area (Å²) in [5, 5.41) is 6.12. The number of carbonyl (C=O) groups excluding carboxylic acids is 1. The Morgan fingerprint density at radius 2 is 1.86 bits per heavy atom. The molecule has 1 saturated carbocycles. The van der Waals surface area contributed by atoms with E-state index in [2.05, 4.69) is 15.0 Å². The van der Waals surface area contributed by atoms with Gasteiger partial charge in [0, 0.05) is 50.3 Å². The Morgan fingerprint density at radius 1 is 1.09 bits per heavy atom. The Labute approximate surface area is 211 Å². The predicted molar refractivity (Wildman–Crippen MR) is 139 cm³/mol. The van der Waals surface area contributed by atoms with Gasteiger partial charge < -0.3 is 14.6 Å². The number of halogens is 1. The molecular formula is C26H34ClN5O3. The van der Waals surface area contributed by atoms with Crippen LogP contribution >= 0.6 is 12.4 Å². The average molecular weight is 500 g/mol. The molecule has 8 nitrogen and oxygen atoms in total. The summed E-state index contributed by atoms with van der Waals surface area (Å²) >= 11 is 0. The fourth-order valence-electron chi connectivity index (χ4n) is 6.03. The Hall–Kier alpha value is -2.42. The third kappa shape index (κ3) is 4.47. The first-order valence-electron chi connectivity index (χ1n) is 12.8. The number of nitrogens with one attached hydrogen (secondary N) is 1. The summed E-state index contributed by atoms with van der Waals surface area (Å²) in [6.45, 7) is 7.01. The number of H-pyrrole nitrogens is 1. The van der Waals surface area contributed by atoms with Crippen LogP contribution in [0.4, 0.5) is 0 Å². The van der Waals surface area contributed by atoms with Crippen LogP contribution in [0.1, 0.15) is 60.5 Å². The molecule has 1 atom stereocenters. The second-order valence-electron chi connectivity index (χ2n) is 10.2. The Bertz CT molecular complexity index is 1280. The summed E-state index contributed by atoms with van der Waals surface area (Å²) < 4.78 is 7.82. The van der Waals surface area contributed by atoms with E-state index in [4.69, 9.17) is 4.74 Å². The third-order valence-corrected chi connectivity index (χ3v) is 7.95. The second-order valence-corrected chi connectivity index (χ2v) is 10.2. The fourth-order valence-corrected chi connectivity index (χ4v) is 6.03. The highest BCUT2D eigenvalue weighted by molar-refractivity contribution is 6.07. The Balaban J connectivity index is 0.00000253. The summed E-state index contributed by atoms with van der Waals surface area (Å²) in [6.07, 6.45) is 8.87. The number of aryl methyl sites for hydroxylation is 1. The lowest BCUT2D eigenvalue weighted by molar-refractivity contribution is 0.0432. The SMILES string of the molecule is Cc1cc2[nH]c(=O)c3cnn(C4CCCC4)c3c2cc1C(=O)N1CCN(CC2CCCO2)CC1.Cl. The Morgan fingerprint density at radius 3 is 2.57 bits per heavy atom. The van der Waals surface area contributed by atoms with Crippen LogP contribution < -0.4 is 5.56 Å². The molecule has 35 heavy (non-hydrogen) atoms. The molecule has 1 amide bonds. The number of benzene rings is 1. The molecule has 1 aromatic carbocycles. The monoisotopic (exact) mass is 499 g/mol. The van der Waals surface area contributed by atoms with E-state index in [9.17, 15) is 9.59 Å². The highest BCUT2D eigenvalue weighted by atomic mass is 35.5. The first-order valence-corrected chi connectivity index (χ1v) is 12.8. The van der Waals surface area contributed by atoms with Gasteiger partial charge in [-0.3, -0.25) is 19.2 Å². The van der Waals surface area contributed by atoms with Crippen molar-refractivity contribution in [2.24, 2.45) is 0 Å². The molecule has 3 aliphatic rings. The van der Waals surface area contributed by atoms with Crippen LogP contribution in [0.25, 0.3) is 21.8 Å². The van der Waals surface area contributed by atoms with Crippen LogP contribution in [0, 0.1) is 6.92 Å². The molecular weight excluding hydrogens is 466 g/mol. The van der Waals surface area contributed by atoms with Crippen molar-refractivity contribution in [1.82, 2.24) is 24.6 Å². The molecule has 9 heteroatoms. The van der Waals surface area contributed by atoms with E-state index in [1.807, 2.05) is 28.6 Å². The second kappa shape index (κ2) is 9.91. The van der Waals surface area contributed by atoms with Crippen LogP contribution in [-0.4, -0.2) is 75.9 Å². The molecule has 0 spiro atoms. The van der Waals surface area contributed by atoms with E-state index in [0.29, 0.717) is 23.1 Å². The number of fused-ring (bicyclic) bond motifs is 3. The van der Waals surface area contributed by atoms with E-state index in [-0.39, 0.29) is 23.9 Å². The summed E-state index contributed by atoms with van der Waals surface area (Å²) in [5.74, 6) is 0.0717. The number of hydrogen-bond donors (Lipinski definition) is 1. The number of aromatic amines is 1. The van der Waals surface area contributed by atoms with Crippen molar-refractivity contribution in [1.29, 1.82) is 0 Å². The van der Waals surface area contributed by atoms with Gasteiger partial charge in [-0.25, -0.2) is 0 Å². The number of amides is 1. The zero-order valence-electron chi connectivity index (χ0n) is 20.3. The summed E-state index contributed by atoms with van der Waals surface area (Å²) in [6, 6.07) is 4.25. The van der Waals surface area contributed by atoms with Gasteiger partial charge in [-0.2, -0.15) is 5.10 Å². The average Bonchev–Trinajstić information content (AvgIpc) is 3.60. The lowest BCUT2D eigenvalue weighted by Crippen LogP contribution is -2.50. The number of piperazine rings is 1. The number of nitrogens with zero attached hydrogens (tertiary/aromatic N) is 4. The fraction of sp³-hybridized carbons (Fsp3) is 0.577. The lowest BCUT2D eigenvalue weighted by Gasteiger charge is -2.36. The van der Waals surface area contributed by atoms with Gasteiger partial charge in [0.15, 0.2) is 0 Å². The molecule has 1 aliphatic carbocycles. The van der Waals surface area contributed by atoms with Gasteiger partial charge in [-0.05, 0) is 50.3 Å². The first-order chi connectivity index (χ1) is 16.6. The molecule has 1 unspecified atom stereocenters. The molecule has 2 aromatic heterocycles. The van der Waals surface area contributed by atoms with E-state index in [1.165, 1.54) is 12.8 Å². The molecule has 0 bridgehead atoms. The molecule has 2 aliphatic heterocycles. The van der Waals surface area contributed by atoms with Gasteiger partial charge in [-0.15, -0.1) is 12.4 Å². The van der Waals surface area contributed by atoms with Gasteiger partial charge >= 0.3 is 0 Å². The summed E-state index contributed by atoms with van der Waals surface area (Å²) in [5.41, 5.74) is 3.12. The van der Waals surface area contributed by atoms with Crippen molar-refractivity contribution in [3.8, 4) is 0 Å². The zero-order valence-corrected chi connectivity index (χ0v) is 21.1. The summed E-state index contributed by atoms with van der Waals surface area (Å²) in [4.78, 5) is 33.7. The van der Waals surface area contributed by atoms with Crippen molar-refractivity contribution in [2.75, 3.05) is 39.3 Å². The molecule has 2 saturated heterocycles. The van der Waals surface area contributed by atoms with E-state index < -0.39 is 0 Å². The minimum absolute atomic E-state index is 0.